The predicted molar refractivity (Wildman–Crippen MR) is 130 cm³/mol. The van der Waals surface area contributed by atoms with Crippen molar-refractivity contribution in [1.82, 2.24) is 14.9 Å². The van der Waals surface area contributed by atoms with Crippen molar-refractivity contribution in [3.05, 3.63) is 52.2 Å². The van der Waals surface area contributed by atoms with Crippen LogP contribution in [0.4, 0.5) is 0 Å². The molecule has 1 amide bonds. The Kier molecular flexibility index (Phi) is 8.08. The number of likely N-dealkylation sites (N-methyl/N-ethyl adjacent to an activating group) is 1. The molecular weight excluding hydrogens is 444 g/mol. The molecule has 7 nitrogen and oxygen atoms in total. The van der Waals surface area contributed by atoms with Crippen LogP contribution in [-0.2, 0) is 14.8 Å². The van der Waals surface area contributed by atoms with E-state index < -0.39 is 16.1 Å². The summed E-state index contributed by atoms with van der Waals surface area (Å²) in [5.41, 5.74) is 1.69. The van der Waals surface area contributed by atoms with Crippen molar-refractivity contribution in [3.8, 4) is 0 Å². The number of amidine groups is 1. The molecule has 174 valence electrons. The van der Waals surface area contributed by atoms with Gasteiger partial charge in [-0.1, -0.05) is 46.2 Å². The minimum atomic E-state index is -3.65. The predicted octanol–water partition coefficient (Wildman–Crippen LogP) is 3.40. The van der Waals surface area contributed by atoms with Crippen molar-refractivity contribution in [2.45, 2.75) is 51.1 Å². The topological polar surface area (TPSA) is 90.9 Å². The van der Waals surface area contributed by atoms with Gasteiger partial charge in [-0.2, -0.15) is 11.3 Å². The van der Waals surface area contributed by atoms with Crippen LogP contribution in [-0.4, -0.2) is 50.7 Å². The van der Waals surface area contributed by atoms with E-state index in [2.05, 4.69) is 45.2 Å². The van der Waals surface area contributed by atoms with E-state index in [9.17, 15) is 13.2 Å². The van der Waals surface area contributed by atoms with Gasteiger partial charge in [0, 0.05) is 12.1 Å². The third-order valence-electron chi connectivity index (χ3n) is 6.03. The van der Waals surface area contributed by atoms with Crippen LogP contribution in [0.25, 0.3) is 0 Å². The van der Waals surface area contributed by atoms with E-state index in [0.717, 1.165) is 19.5 Å². The molecule has 9 heteroatoms. The van der Waals surface area contributed by atoms with Crippen LogP contribution in [0.1, 0.15) is 51.3 Å². The Labute approximate surface area is 195 Å². The fourth-order valence-electron chi connectivity index (χ4n) is 3.92. The van der Waals surface area contributed by atoms with Gasteiger partial charge < -0.3 is 5.32 Å². The lowest BCUT2D eigenvalue weighted by molar-refractivity contribution is -0.123. The average Bonchev–Trinajstić information content (AvgIpc) is 3.41. The molecule has 1 aliphatic heterocycles. The monoisotopic (exact) mass is 476 g/mol. The summed E-state index contributed by atoms with van der Waals surface area (Å²) in [7, 11) is -3.65. The molecule has 0 aliphatic carbocycles. The number of thiophene rings is 1. The van der Waals surface area contributed by atoms with Crippen molar-refractivity contribution in [1.29, 1.82) is 0 Å². The highest BCUT2D eigenvalue weighted by atomic mass is 32.2. The van der Waals surface area contributed by atoms with Gasteiger partial charge in [0.25, 0.3) is 10.0 Å². The van der Waals surface area contributed by atoms with Crippen molar-refractivity contribution >= 4 is 33.1 Å². The van der Waals surface area contributed by atoms with E-state index in [1.165, 1.54) is 5.56 Å². The second kappa shape index (κ2) is 10.6. The van der Waals surface area contributed by atoms with Gasteiger partial charge in [-0.3, -0.25) is 19.4 Å². The van der Waals surface area contributed by atoms with Crippen LogP contribution >= 0.6 is 11.3 Å². The van der Waals surface area contributed by atoms with E-state index in [1.807, 2.05) is 19.2 Å². The van der Waals surface area contributed by atoms with Crippen LogP contribution < -0.4 is 10.0 Å². The lowest BCUT2D eigenvalue weighted by Crippen LogP contribution is -2.43. The number of sulfonamides is 1. The molecule has 2 aromatic rings. The van der Waals surface area contributed by atoms with Crippen LogP contribution in [0.3, 0.4) is 0 Å². The second-order valence-electron chi connectivity index (χ2n) is 7.95. The molecule has 0 bridgehead atoms. The Morgan fingerprint density at radius 3 is 2.53 bits per heavy atom. The maximum Gasteiger partial charge on any atom is 0.263 e. The quantitative estimate of drug-likeness (QED) is 0.550. The molecule has 0 saturated carbocycles. The molecule has 0 fully saturated rings. The smallest absolute Gasteiger partial charge is 0.263 e. The number of aliphatic imine (C=N–C) groups is 1. The van der Waals surface area contributed by atoms with Gasteiger partial charge in [0.1, 0.15) is 11.9 Å². The van der Waals surface area contributed by atoms with Crippen molar-refractivity contribution < 1.29 is 13.2 Å². The number of amides is 1. The summed E-state index contributed by atoms with van der Waals surface area (Å²) in [6.45, 7) is 10.4. The number of hydrogen-bond donors (Lipinski definition) is 2. The maximum absolute atomic E-state index is 13.3. The highest BCUT2D eigenvalue weighted by Crippen LogP contribution is 2.25. The highest BCUT2D eigenvalue weighted by molar-refractivity contribution is 7.90. The SMILES string of the molecule is CC[C@H](C)[C@H](N=C1NS(=O)(=O)c2ccccc21)C(=O)NCC(c1ccsc1)N(CC)CC. The average molecular weight is 477 g/mol. The van der Waals surface area contributed by atoms with Gasteiger partial charge in [-0.05, 0) is 53.5 Å². The first-order valence-corrected chi connectivity index (χ1v) is 13.5. The Balaban J connectivity index is 1.84. The van der Waals surface area contributed by atoms with Gasteiger partial charge in [0.2, 0.25) is 5.91 Å². The molecule has 1 unspecified atom stereocenters. The molecule has 2 N–H and O–H groups in total. The molecule has 1 aromatic carbocycles. The number of rotatable bonds is 10. The first-order valence-electron chi connectivity index (χ1n) is 11.1. The van der Waals surface area contributed by atoms with E-state index in [4.69, 9.17) is 0 Å². The van der Waals surface area contributed by atoms with E-state index in [1.54, 1.807) is 35.6 Å². The van der Waals surface area contributed by atoms with E-state index in [-0.39, 0.29) is 28.6 Å². The fraction of sp³-hybridized carbons (Fsp3) is 0.478. The molecule has 3 rings (SSSR count). The van der Waals surface area contributed by atoms with Crippen molar-refractivity contribution in [3.63, 3.8) is 0 Å². The van der Waals surface area contributed by atoms with Gasteiger partial charge in [0.05, 0.1) is 10.9 Å². The zero-order valence-electron chi connectivity index (χ0n) is 19.0. The first-order chi connectivity index (χ1) is 15.3. The number of fused-ring (bicyclic) bond motifs is 1. The zero-order valence-corrected chi connectivity index (χ0v) is 20.7. The molecule has 0 spiro atoms. The van der Waals surface area contributed by atoms with E-state index >= 15 is 0 Å². The summed E-state index contributed by atoms with van der Waals surface area (Å²) in [4.78, 5) is 20.4. The third kappa shape index (κ3) is 5.22. The summed E-state index contributed by atoms with van der Waals surface area (Å²) in [5, 5.41) is 7.26. The van der Waals surface area contributed by atoms with Crippen LogP contribution in [0.5, 0.6) is 0 Å². The number of carbonyl (C=O) groups excluding carboxylic acids is 1. The number of nitrogens with zero attached hydrogens (tertiary/aromatic N) is 2. The molecule has 32 heavy (non-hydrogen) atoms. The number of nitrogens with one attached hydrogen (secondary N) is 2. The first kappa shape index (κ1) is 24.4. The Morgan fingerprint density at radius 1 is 1.19 bits per heavy atom. The number of carbonyl (C=O) groups is 1. The van der Waals surface area contributed by atoms with Gasteiger partial charge >= 0.3 is 0 Å². The Hall–Kier alpha value is -2.23. The normalized spacial score (nSPS) is 18.7. The minimum Gasteiger partial charge on any atom is -0.352 e. The summed E-state index contributed by atoms with van der Waals surface area (Å²) in [6.07, 6.45) is 0.743. The largest absolute Gasteiger partial charge is 0.352 e. The number of benzene rings is 1. The fourth-order valence-corrected chi connectivity index (χ4v) is 5.87. The van der Waals surface area contributed by atoms with Crippen LogP contribution in [0, 0.1) is 5.92 Å². The van der Waals surface area contributed by atoms with Crippen LogP contribution in [0.2, 0.25) is 0 Å². The minimum absolute atomic E-state index is 0.0483. The Morgan fingerprint density at radius 2 is 1.91 bits per heavy atom. The van der Waals surface area contributed by atoms with Gasteiger partial charge in [0.15, 0.2) is 0 Å². The molecule has 1 aliphatic rings. The highest BCUT2D eigenvalue weighted by Gasteiger charge is 2.33. The third-order valence-corrected chi connectivity index (χ3v) is 8.13. The molecule has 1 aromatic heterocycles. The molecule has 3 atom stereocenters. The second-order valence-corrected chi connectivity index (χ2v) is 10.4. The van der Waals surface area contributed by atoms with Crippen molar-refractivity contribution in [2.75, 3.05) is 19.6 Å². The summed E-state index contributed by atoms with van der Waals surface area (Å²) in [5.74, 6) is -0.00481. The summed E-state index contributed by atoms with van der Waals surface area (Å²) in [6, 6.07) is 8.19. The molecule has 2 heterocycles. The summed E-state index contributed by atoms with van der Waals surface area (Å²) < 4.78 is 27.4. The number of hydrogen-bond acceptors (Lipinski definition) is 6. The molecule has 0 radical (unpaired) electrons. The zero-order chi connectivity index (χ0) is 23.3. The lowest BCUT2D eigenvalue weighted by Gasteiger charge is -2.30. The standard InChI is InChI=1S/C23H32N4O3S2/c1-5-16(4)21(25-22-18-10-8-9-11-20(18)32(29,30)26-22)23(28)24-14-19(27(6-2)7-3)17-12-13-31-15-17/h8-13,15-16,19,21H,5-7,14H2,1-4H3,(H,24,28)(H,25,26)/t16-,19?,21-/m0/s1. The van der Waals surface area contributed by atoms with Crippen molar-refractivity contribution in [2.24, 2.45) is 10.9 Å². The summed E-state index contributed by atoms with van der Waals surface area (Å²) >= 11 is 1.64. The molecular formula is C23H32N4O3S2. The molecule has 0 saturated heterocycles. The lowest BCUT2D eigenvalue weighted by atomic mass is 9.98. The maximum atomic E-state index is 13.3. The van der Waals surface area contributed by atoms with Crippen LogP contribution in [0.15, 0.2) is 51.0 Å². The van der Waals surface area contributed by atoms with Gasteiger partial charge in [-0.15, -0.1) is 0 Å². The van der Waals surface area contributed by atoms with Gasteiger partial charge in [-0.25, -0.2) is 8.42 Å². The van der Waals surface area contributed by atoms with E-state index in [0.29, 0.717) is 12.1 Å². The Bertz CT molecular complexity index is 1050.